The number of amidine groups is 1. The van der Waals surface area contributed by atoms with Crippen molar-refractivity contribution in [2.24, 2.45) is 10.9 Å². The van der Waals surface area contributed by atoms with Crippen LogP contribution in [0.25, 0.3) is 0 Å². The van der Waals surface area contributed by atoms with E-state index in [0.29, 0.717) is 12.2 Å². The number of halogens is 1. The average Bonchev–Trinajstić information content (AvgIpc) is 2.47. The molecular weight excluding hydrogens is 259 g/mol. The van der Waals surface area contributed by atoms with E-state index in [0.717, 1.165) is 11.3 Å². The molecule has 1 aromatic carbocycles. The molecule has 20 heavy (non-hydrogen) atoms. The highest BCUT2D eigenvalue weighted by Gasteiger charge is 2.11. The van der Waals surface area contributed by atoms with Gasteiger partial charge in [-0.3, -0.25) is 4.98 Å². The van der Waals surface area contributed by atoms with Crippen molar-refractivity contribution in [1.82, 2.24) is 4.98 Å². The summed E-state index contributed by atoms with van der Waals surface area (Å²) in [6.07, 6.45) is 1.57. The first kappa shape index (κ1) is 13.8. The lowest BCUT2D eigenvalue weighted by Gasteiger charge is -2.20. The zero-order valence-corrected chi connectivity index (χ0v) is 11.0. The van der Waals surface area contributed by atoms with Crippen molar-refractivity contribution in [3.05, 3.63) is 59.7 Å². The van der Waals surface area contributed by atoms with Crippen LogP contribution < -0.4 is 10.6 Å². The molecule has 0 saturated heterocycles. The van der Waals surface area contributed by atoms with E-state index in [-0.39, 0.29) is 11.7 Å². The predicted molar refractivity (Wildman–Crippen MR) is 75.3 cm³/mol. The second-order valence-corrected chi connectivity index (χ2v) is 4.33. The number of hydrogen-bond donors (Lipinski definition) is 2. The largest absolute Gasteiger partial charge is 0.409 e. The fraction of sp³-hybridized carbons (Fsp3) is 0.143. The standard InChI is InChI=1S/C14H15FN4O/c1-19(12-6-2-5-11(15)8-12)9-10-4-3-7-17-13(10)14(16)18-20/h2-8,20H,9H2,1H3,(H2,16,18). The van der Waals surface area contributed by atoms with Crippen LogP contribution in [-0.2, 0) is 6.54 Å². The number of nitrogens with two attached hydrogens (primary N) is 1. The molecule has 0 fully saturated rings. The summed E-state index contributed by atoms with van der Waals surface area (Å²) >= 11 is 0. The Balaban J connectivity index is 2.26. The molecule has 0 aliphatic heterocycles. The first-order chi connectivity index (χ1) is 9.61. The smallest absolute Gasteiger partial charge is 0.189 e. The highest BCUT2D eigenvalue weighted by molar-refractivity contribution is 5.96. The number of anilines is 1. The highest BCUT2D eigenvalue weighted by Crippen LogP contribution is 2.17. The van der Waals surface area contributed by atoms with E-state index < -0.39 is 0 Å². The van der Waals surface area contributed by atoms with Gasteiger partial charge < -0.3 is 15.8 Å². The Morgan fingerprint density at radius 3 is 2.90 bits per heavy atom. The monoisotopic (exact) mass is 274 g/mol. The minimum Gasteiger partial charge on any atom is -0.409 e. The topological polar surface area (TPSA) is 74.7 Å². The van der Waals surface area contributed by atoms with Gasteiger partial charge in [0.05, 0.1) is 0 Å². The molecule has 104 valence electrons. The Kier molecular flexibility index (Phi) is 4.14. The molecule has 0 bridgehead atoms. The summed E-state index contributed by atoms with van der Waals surface area (Å²) in [5.41, 5.74) is 7.53. The number of oxime groups is 1. The first-order valence-corrected chi connectivity index (χ1v) is 6.00. The molecular formula is C14H15FN4O. The fourth-order valence-corrected chi connectivity index (χ4v) is 1.90. The molecule has 0 aliphatic carbocycles. The van der Waals surface area contributed by atoms with Gasteiger partial charge in [-0.05, 0) is 24.3 Å². The van der Waals surface area contributed by atoms with Crippen LogP contribution in [0, 0.1) is 5.82 Å². The second kappa shape index (κ2) is 6.01. The lowest BCUT2D eigenvalue weighted by molar-refractivity contribution is 0.318. The molecule has 0 unspecified atom stereocenters. The maximum atomic E-state index is 13.2. The van der Waals surface area contributed by atoms with Gasteiger partial charge in [-0.15, -0.1) is 0 Å². The Hall–Kier alpha value is -2.63. The van der Waals surface area contributed by atoms with Crippen LogP contribution in [0.3, 0.4) is 0 Å². The summed E-state index contributed by atoms with van der Waals surface area (Å²) in [7, 11) is 1.83. The molecule has 0 spiro atoms. The summed E-state index contributed by atoms with van der Waals surface area (Å²) in [5, 5.41) is 11.7. The van der Waals surface area contributed by atoms with Crippen molar-refractivity contribution in [3.63, 3.8) is 0 Å². The van der Waals surface area contributed by atoms with Crippen LogP contribution in [0.4, 0.5) is 10.1 Å². The normalized spacial score (nSPS) is 11.4. The molecule has 6 heteroatoms. The molecule has 2 rings (SSSR count). The third-order valence-electron chi connectivity index (χ3n) is 2.90. The van der Waals surface area contributed by atoms with Gasteiger partial charge in [-0.2, -0.15) is 0 Å². The lowest BCUT2D eigenvalue weighted by atomic mass is 10.1. The van der Waals surface area contributed by atoms with E-state index in [4.69, 9.17) is 10.9 Å². The highest BCUT2D eigenvalue weighted by atomic mass is 19.1. The summed E-state index contributed by atoms with van der Waals surface area (Å²) in [6.45, 7) is 0.461. The number of aromatic nitrogens is 1. The van der Waals surface area contributed by atoms with Gasteiger partial charge in [-0.25, -0.2) is 4.39 Å². The quantitative estimate of drug-likeness (QED) is 0.387. The van der Waals surface area contributed by atoms with Gasteiger partial charge in [-0.1, -0.05) is 17.3 Å². The minimum atomic E-state index is -0.294. The Morgan fingerprint density at radius 1 is 1.40 bits per heavy atom. The van der Waals surface area contributed by atoms with Crippen LogP contribution >= 0.6 is 0 Å². The zero-order valence-electron chi connectivity index (χ0n) is 11.0. The number of pyridine rings is 1. The van der Waals surface area contributed by atoms with Crippen molar-refractivity contribution in [2.45, 2.75) is 6.54 Å². The van der Waals surface area contributed by atoms with Crippen molar-refractivity contribution >= 4 is 11.5 Å². The molecule has 1 heterocycles. The molecule has 1 aromatic heterocycles. The van der Waals surface area contributed by atoms with Crippen LogP contribution in [0.15, 0.2) is 47.8 Å². The Labute approximate surface area is 116 Å². The van der Waals surface area contributed by atoms with Gasteiger partial charge in [0.2, 0.25) is 0 Å². The third-order valence-corrected chi connectivity index (χ3v) is 2.90. The number of rotatable bonds is 4. The molecule has 0 radical (unpaired) electrons. The van der Waals surface area contributed by atoms with E-state index in [1.165, 1.54) is 12.1 Å². The maximum absolute atomic E-state index is 13.2. The van der Waals surface area contributed by atoms with E-state index in [1.807, 2.05) is 24.1 Å². The summed E-state index contributed by atoms with van der Waals surface area (Å²) < 4.78 is 13.2. The van der Waals surface area contributed by atoms with E-state index in [1.54, 1.807) is 18.3 Å². The summed E-state index contributed by atoms with van der Waals surface area (Å²) in [5.74, 6) is -0.342. The van der Waals surface area contributed by atoms with Crippen LogP contribution in [-0.4, -0.2) is 23.1 Å². The van der Waals surface area contributed by atoms with Crippen molar-refractivity contribution in [1.29, 1.82) is 0 Å². The molecule has 2 aromatic rings. The van der Waals surface area contributed by atoms with Crippen molar-refractivity contribution in [2.75, 3.05) is 11.9 Å². The number of benzene rings is 1. The maximum Gasteiger partial charge on any atom is 0.189 e. The molecule has 5 nitrogen and oxygen atoms in total. The van der Waals surface area contributed by atoms with Gasteiger partial charge in [0.15, 0.2) is 5.84 Å². The van der Waals surface area contributed by atoms with Crippen LogP contribution in [0.5, 0.6) is 0 Å². The number of hydrogen-bond acceptors (Lipinski definition) is 4. The summed E-state index contributed by atoms with van der Waals surface area (Å²) in [6, 6.07) is 9.89. The van der Waals surface area contributed by atoms with Gasteiger partial charge in [0.1, 0.15) is 11.5 Å². The van der Waals surface area contributed by atoms with Gasteiger partial charge in [0, 0.05) is 31.0 Å². The third kappa shape index (κ3) is 3.03. The average molecular weight is 274 g/mol. The first-order valence-electron chi connectivity index (χ1n) is 6.00. The van der Waals surface area contributed by atoms with E-state index >= 15 is 0 Å². The molecule has 3 N–H and O–H groups in total. The zero-order chi connectivity index (χ0) is 14.5. The van der Waals surface area contributed by atoms with E-state index in [2.05, 4.69) is 10.1 Å². The number of nitrogens with zero attached hydrogens (tertiary/aromatic N) is 3. The van der Waals surface area contributed by atoms with Crippen molar-refractivity contribution in [3.8, 4) is 0 Å². The predicted octanol–water partition coefficient (Wildman–Crippen LogP) is 1.95. The van der Waals surface area contributed by atoms with Crippen molar-refractivity contribution < 1.29 is 9.60 Å². The molecule has 0 atom stereocenters. The summed E-state index contributed by atoms with van der Waals surface area (Å²) in [4.78, 5) is 5.95. The van der Waals surface area contributed by atoms with Crippen LogP contribution in [0.2, 0.25) is 0 Å². The Morgan fingerprint density at radius 2 is 2.20 bits per heavy atom. The second-order valence-electron chi connectivity index (χ2n) is 4.33. The molecule has 0 aliphatic rings. The van der Waals surface area contributed by atoms with Gasteiger partial charge in [0.25, 0.3) is 0 Å². The van der Waals surface area contributed by atoms with E-state index in [9.17, 15) is 4.39 Å². The fourth-order valence-electron chi connectivity index (χ4n) is 1.90. The lowest BCUT2D eigenvalue weighted by Crippen LogP contribution is -2.22. The SMILES string of the molecule is CN(Cc1cccnc1C(N)=NO)c1cccc(F)c1. The van der Waals surface area contributed by atoms with Gasteiger partial charge >= 0.3 is 0 Å². The Bertz CT molecular complexity index is 630. The molecule has 0 amide bonds. The minimum absolute atomic E-state index is 0.0479. The molecule has 0 saturated carbocycles. The van der Waals surface area contributed by atoms with Crippen LogP contribution in [0.1, 0.15) is 11.3 Å².